The highest BCUT2D eigenvalue weighted by Crippen LogP contribution is 2.44. The molecule has 1 saturated heterocycles. The largest absolute Gasteiger partial charge is 0.507 e. The number of methoxy groups -OCH3 is 1. The number of anilines is 2. The van der Waals surface area contributed by atoms with Crippen molar-refractivity contribution in [2.24, 2.45) is 0 Å². The fourth-order valence-corrected chi connectivity index (χ4v) is 4.73. The fourth-order valence-electron chi connectivity index (χ4n) is 4.73. The summed E-state index contributed by atoms with van der Waals surface area (Å²) in [6.45, 7) is 5.73. The lowest BCUT2D eigenvalue weighted by Gasteiger charge is -2.26. The molecule has 0 saturated carbocycles. The molecule has 1 aliphatic heterocycles. The van der Waals surface area contributed by atoms with Crippen molar-refractivity contribution in [2.75, 3.05) is 31.0 Å². The van der Waals surface area contributed by atoms with Crippen LogP contribution in [0.25, 0.3) is 5.76 Å². The molecule has 1 atom stereocenters. The zero-order chi connectivity index (χ0) is 27.9. The molecule has 4 rings (SSSR count). The number of aliphatic hydroxyl groups is 1. The molecule has 6 nitrogen and oxygen atoms in total. The number of benzene rings is 3. The second-order valence-corrected chi connectivity index (χ2v) is 9.82. The van der Waals surface area contributed by atoms with Crippen LogP contribution < -0.4 is 14.5 Å². The van der Waals surface area contributed by atoms with Crippen LogP contribution in [0, 0.1) is 18.6 Å². The third-order valence-corrected chi connectivity index (χ3v) is 6.80. The first-order chi connectivity index (χ1) is 18.0. The summed E-state index contributed by atoms with van der Waals surface area (Å²) < 4.78 is 33.4. The summed E-state index contributed by atoms with van der Waals surface area (Å²) >= 11 is 0. The Hall–Kier alpha value is -4.20. The maximum Gasteiger partial charge on any atom is 0.300 e. The topological polar surface area (TPSA) is 70.1 Å². The van der Waals surface area contributed by atoms with Gasteiger partial charge in [-0.1, -0.05) is 26.0 Å². The third-order valence-electron chi connectivity index (χ3n) is 6.80. The predicted molar refractivity (Wildman–Crippen MR) is 144 cm³/mol. The first-order valence-corrected chi connectivity index (χ1v) is 12.2. The van der Waals surface area contributed by atoms with Gasteiger partial charge >= 0.3 is 0 Å². The molecular formula is C30H30F2N2O4. The summed E-state index contributed by atoms with van der Waals surface area (Å²) in [7, 11) is 5.31. The molecule has 3 aromatic carbocycles. The van der Waals surface area contributed by atoms with Gasteiger partial charge in [-0.3, -0.25) is 14.5 Å². The van der Waals surface area contributed by atoms with Gasteiger partial charge in [0, 0.05) is 37.1 Å². The van der Waals surface area contributed by atoms with E-state index in [1.54, 1.807) is 38.3 Å². The minimum absolute atomic E-state index is 0.000980. The lowest BCUT2D eigenvalue weighted by atomic mass is 9.91. The third kappa shape index (κ3) is 4.62. The van der Waals surface area contributed by atoms with E-state index in [1.165, 1.54) is 6.07 Å². The van der Waals surface area contributed by atoms with Crippen LogP contribution >= 0.6 is 0 Å². The van der Waals surface area contributed by atoms with Crippen molar-refractivity contribution in [3.05, 3.63) is 94.1 Å². The van der Waals surface area contributed by atoms with Crippen LogP contribution in [0.5, 0.6) is 5.75 Å². The summed E-state index contributed by atoms with van der Waals surface area (Å²) in [6, 6.07) is 12.6. The van der Waals surface area contributed by atoms with Crippen molar-refractivity contribution >= 4 is 28.8 Å². The molecule has 1 aliphatic rings. The Kier molecular flexibility index (Phi) is 7.26. The van der Waals surface area contributed by atoms with Gasteiger partial charge in [0.25, 0.3) is 11.7 Å². The average Bonchev–Trinajstić information content (AvgIpc) is 3.15. The van der Waals surface area contributed by atoms with E-state index in [9.17, 15) is 23.5 Å². The first kappa shape index (κ1) is 26.9. The standard InChI is InChI=1S/C30H30F2N2O4/c1-16(2)21-15-22(17(3)13-25(21)38-6)28(35)26-27(18-7-9-19(10-8-18)33(4)5)34(30(37)29(26)36)20-11-12-23(31)24(32)14-20/h7-16,27,35H,1-6H3/b28-26+. The summed E-state index contributed by atoms with van der Waals surface area (Å²) in [4.78, 5) is 29.8. The second kappa shape index (κ2) is 10.3. The number of hydrogen-bond acceptors (Lipinski definition) is 5. The van der Waals surface area contributed by atoms with E-state index in [1.807, 2.05) is 45.0 Å². The second-order valence-electron chi connectivity index (χ2n) is 9.82. The Morgan fingerprint density at radius 3 is 2.21 bits per heavy atom. The minimum atomic E-state index is -1.15. The molecule has 1 amide bonds. The first-order valence-electron chi connectivity index (χ1n) is 12.2. The molecule has 0 aliphatic carbocycles. The highest BCUT2D eigenvalue weighted by Gasteiger charge is 2.47. The van der Waals surface area contributed by atoms with Gasteiger partial charge in [0.15, 0.2) is 11.6 Å². The van der Waals surface area contributed by atoms with Gasteiger partial charge < -0.3 is 14.7 Å². The molecule has 0 bridgehead atoms. The van der Waals surface area contributed by atoms with E-state index in [0.29, 0.717) is 22.4 Å². The van der Waals surface area contributed by atoms with Crippen LogP contribution in [0.15, 0.2) is 60.2 Å². The molecule has 0 radical (unpaired) electrons. The molecule has 0 aromatic heterocycles. The average molecular weight is 521 g/mol. The molecule has 38 heavy (non-hydrogen) atoms. The highest BCUT2D eigenvalue weighted by atomic mass is 19.2. The van der Waals surface area contributed by atoms with Crippen LogP contribution in [0.2, 0.25) is 0 Å². The van der Waals surface area contributed by atoms with Crippen LogP contribution in [0.4, 0.5) is 20.2 Å². The van der Waals surface area contributed by atoms with Gasteiger partial charge in [0.1, 0.15) is 11.5 Å². The number of ether oxygens (including phenoxy) is 1. The minimum Gasteiger partial charge on any atom is -0.507 e. The van der Waals surface area contributed by atoms with Crippen LogP contribution in [-0.2, 0) is 9.59 Å². The quantitative estimate of drug-likeness (QED) is 0.242. The van der Waals surface area contributed by atoms with Gasteiger partial charge in [-0.15, -0.1) is 0 Å². The monoisotopic (exact) mass is 520 g/mol. The summed E-state index contributed by atoms with van der Waals surface area (Å²) in [5.41, 5.74) is 3.11. The van der Waals surface area contributed by atoms with Crippen molar-refractivity contribution in [1.29, 1.82) is 0 Å². The van der Waals surface area contributed by atoms with Gasteiger partial charge in [0.2, 0.25) is 0 Å². The SMILES string of the molecule is COc1cc(C)c(/C(O)=C2\C(=O)C(=O)N(c3ccc(F)c(F)c3)C2c2ccc(N(C)C)cc2)cc1C(C)C. The number of halogens is 2. The zero-order valence-corrected chi connectivity index (χ0v) is 22.2. The maximum absolute atomic E-state index is 14.2. The fraction of sp³-hybridized carbons (Fsp3) is 0.267. The van der Waals surface area contributed by atoms with Gasteiger partial charge in [0.05, 0.1) is 18.7 Å². The van der Waals surface area contributed by atoms with Gasteiger partial charge in [-0.05, 0) is 65.9 Å². The number of nitrogens with zero attached hydrogens (tertiary/aromatic N) is 2. The van der Waals surface area contributed by atoms with E-state index in [0.717, 1.165) is 28.3 Å². The number of aryl methyl sites for hydroxylation is 1. The van der Waals surface area contributed by atoms with Crippen molar-refractivity contribution in [3.63, 3.8) is 0 Å². The van der Waals surface area contributed by atoms with E-state index in [-0.39, 0.29) is 22.9 Å². The van der Waals surface area contributed by atoms with E-state index < -0.39 is 29.4 Å². The molecule has 3 aromatic rings. The number of rotatable bonds is 6. The van der Waals surface area contributed by atoms with E-state index in [4.69, 9.17) is 4.74 Å². The summed E-state index contributed by atoms with van der Waals surface area (Å²) in [5.74, 6) is -3.75. The lowest BCUT2D eigenvalue weighted by molar-refractivity contribution is -0.132. The number of carbonyl (C=O) groups excluding carboxylic acids is 2. The van der Waals surface area contributed by atoms with E-state index >= 15 is 0 Å². The number of amides is 1. The Morgan fingerprint density at radius 1 is 1.00 bits per heavy atom. The zero-order valence-electron chi connectivity index (χ0n) is 22.2. The maximum atomic E-state index is 14.2. The Balaban J connectivity index is 1.99. The van der Waals surface area contributed by atoms with Crippen molar-refractivity contribution in [1.82, 2.24) is 0 Å². The van der Waals surface area contributed by atoms with Crippen molar-refractivity contribution < 1.29 is 28.2 Å². The number of aliphatic hydroxyl groups excluding tert-OH is 1. The van der Waals surface area contributed by atoms with Crippen LogP contribution in [-0.4, -0.2) is 38.0 Å². The predicted octanol–water partition coefficient (Wildman–Crippen LogP) is 6.10. The summed E-state index contributed by atoms with van der Waals surface area (Å²) in [6.07, 6.45) is 0. The normalized spacial score (nSPS) is 16.9. The molecule has 0 spiro atoms. The van der Waals surface area contributed by atoms with Gasteiger partial charge in [-0.2, -0.15) is 0 Å². The molecule has 1 N–H and O–H groups in total. The molecule has 1 unspecified atom stereocenters. The Morgan fingerprint density at radius 2 is 1.66 bits per heavy atom. The molecular weight excluding hydrogens is 490 g/mol. The van der Waals surface area contributed by atoms with E-state index in [2.05, 4.69) is 0 Å². The molecule has 1 fully saturated rings. The molecule has 1 heterocycles. The molecule has 8 heteroatoms. The van der Waals surface area contributed by atoms with Crippen LogP contribution in [0.1, 0.15) is 48.1 Å². The Bertz CT molecular complexity index is 1450. The van der Waals surface area contributed by atoms with Gasteiger partial charge in [-0.25, -0.2) is 8.78 Å². The highest BCUT2D eigenvalue weighted by molar-refractivity contribution is 6.51. The number of Topliss-reactive ketones (excluding diaryl/α,β-unsaturated/α-hetero) is 1. The Labute approximate surface area is 220 Å². The number of carbonyl (C=O) groups is 2. The van der Waals surface area contributed by atoms with Crippen LogP contribution in [0.3, 0.4) is 0 Å². The lowest BCUT2D eigenvalue weighted by Crippen LogP contribution is -2.29. The molecule has 198 valence electrons. The van der Waals surface area contributed by atoms with Crippen molar-refractivity contribution in [2.45, 2.75) is 32.7 Å². The number of hydrogen-bond donors (Lipinski definition) is 1. The smallest absolute Gasteiger partial charge is 0.300 e. The van der Waals surface area contributed by atoms with Crippen molar-refractivity contribution in [3.8, 4) is 5.75 Å². The number of ketones is 1. The summed E-state index contributed by atoms with van der Waals surface area (Å²) in [5, 5.41) is 11.6.